The molecular weight excluding hydrogens is 203 g/mol. The number of amidine groups is 1. The van der Waals surface area contributed by atoms with Crippen molar-refractivity contribution in [2.24, 2.45) is 5.41 Å². The largest absolute Gasteiger partial charge is 0.359 e. The molecule has 0 saturated heterocycles. The number of hydrogen-bond acceptors (Lipinski definition) is 1. The van der Waals surface area contributed by atoms with Gasteiger partial charge >= 0.3 is 0 Å². The molecule has 0 aromatic heterocycles. The van der Waals surface area contributed by atoms with Crippen molar-refractivity contribution < 1.29 is 4.39 Å². The lowest BCUT2D eigenvalue weighted by Crippen LogP contribution is -2.35. The summed E-state index contributed by atoms with van der Waals surface area (Å²) < 4.78 is 13.0. The lowest BCUT2D eigenvalue weighted by molar-refractivity contribution is 0.417. The summed E-state index contributed by atoms with van der Waals surface area (Å²) in [6.45, 7) is 6.56. The molecule has 0 spiro atoms. The van der Waals surface area contributed by atoms with Crippen molar-refractivity contribution in [3.63, 3.8) is 0 Å². The van der Waals surface area contributed by atoms with E-state index in [2.05, 4.69) is 0 Å². The van der Waals surface area contributed by atoms with Crippen molar-refractivity contribution in [2.75, 3.05) is 7.05 Å². The predicted molar refractivity (Wildman–Crippen MR) is 65.0 cm³/mol. The summed E-state index contributed by atoms with van der Waals surface area (Å²) >= 11 is 0. The molecule has 0 fully saturated rings. The van der Waals surface area contributed by atoms with Crippen molar-refractivity contribution in [3.05, 3.63) is 35.6 Å². The van der Waals surface area contributed by atoms with Crippen molar-refractivity contribution in [3.8, 4) is 0 Å². The lowest BCUT2D eigenvalue weighted by atomic mass is 9.94. The van der Waals surface area contributed by atoms with Gasteiger partial charge < -0.3 is 4.90 Å². The fourth-order valence-electron chi connectivity index (χ4n) is 1.56. The maximum absolute atomic E-state index is 13.0. The number of halogens is 1. The van der Waals surface area contributed by atoms with Crippen molar-refractivity contribution in [2.45, 2.75) is 27.3 Å². The van der Waals surface area contributed by atoms with E-state index in [1.54, 1.807) is 6.07 Å². The molecule has 0 aliphatic carbocycles. The molecule has 0 amide bonds. The van der Waals surface area contributed by atoms with E-state index in [0.29, 0.717) is 12.4 Å². The number of nitrogens with one attached hydrogen (secondary N) is 1. The van der Waals surface area contributed by atoms with E-state index >= 15 is 0 Å². The Morgan fingerprint density at radius 1 is 1.38 bits per heavy atom. The molecule has 0 radical (unpaired) electrons. The van der Waals surface area contributed by atoms with Crippen molar-refractivity contribution in [1.82, 2.24) is 4.90 Å². The van der Waals surface area contributed by atoms with Crippen LogP contribution in [0.4, 0.5) is 4.39 Å². The molecule has 16 heavy (non-hydrogen) atoms. The SMILES string of the molecule is CN(Cc1cccc(F)c1)C(=N)C(C)(C)C. The Labute approximate surface area is 96.6 Å². The fraction of sp³-hybridized carbons (Fsp3) is 0.462. The summed E-state index contributed by atoms with van der Waals surface area (Å²) in [7, 11) is 1.86. The molecule has 0 bridgehead atoms. The minimum atomic E-state index is -0.229. The van der Waals surface area contributed by atoms with Gasteiger partial charge in [-0.25, -0.2) is 4.39 Å². The highest BCUT2D eigenvalue weighted by Crippen LogP contribution is 2.18. The van der Waals surface area contributed by atoms with Crippen LogP contribution in [0.15, 0.2) is 24.3 Å². The van der Waals surface area contributed by atoms with Gasteiger partial charge in [0, 0.05) is 19.0 Å². The summed E-state index contributed by atoms with van der Waals surface area (Å²) in [6, 6.07) is 6.50. The number of nitrogens with zero attached hydrogens (tertiary/aromatic N) is 1. The van der Waals surface area contributed by atoms with E-state index < -0.39 is 0 Å². The molecule has 1 rings (SSSR count). The number of benzene rings is 1. The molecule has 0 atom stereocenters. The van der Waals surface area contributed by atoms with E-state index in [1.807, 2.05) is 38.8 Å². The van der Waals surface area contributed by atoms with E-state index in [4.69, 9.17) is 5.41 Å². The summed E-state index contributed by atoms with van der Waals surface area (Å²) in [5, 5.41) is 7.98. The van der Waals surface area contributed by atoms with E-state index in [1.165, 1.54) is 12.1 Å². The first kappa shape index (κ1) is 12.7. The summed E-state index contributed by atoms with van der Waals surface area (Å²) in [5.74, 6) is 0.324. The van der Waals surface area contributed by atoms with Crippen LogP contribution in [-0.2, 0) is 6.54 Å². The van der Waals surface area contributed by atoms with Gasteiger partial charge in [0.25, 0.3) is 0 Å². The minimum absolute atomic E-state index is 0.178. The zero-order valence-electron chi connectivity index (χ0n) is 10.3. The highest BCUT2D eigenvalue weighted by molar-refractivity contribution is 5.83. The standard InChI is InChI=1S/C13H19FN2/c1-13(2,3)12(15)16(4)9-10-6-5-7-11(14)8-10/h5-8,15H,9H2,1-4H3. The Hall–Kier alpha value is -1.38. The number of hydrogen-bond donors (Lipinski definition) is 1. The van der Waals surface area contributed by atoms with Crippen LogP contribution in [-0.4, -0.2) is 17.8 Å². The third-order valence-corrected chi connectivity index (χ3v) is 2.40. The second-order valence-electron chi connectivity index (χ2n) is 5.08. The molecule has 0 aliphatic rings. The average molecular weight is 222 g/mol. The van der Waals surface area contributed by atoms with Gasteiger partial charge in [-0.3, -0.25) is 5.41 Å². The monoisotopic (exact) mass is 222 g/mol. The summed E-state index contributed by atoms with van der Waals surface area (Å²) in [5.41, 5.74) is 0.707. The molecule has 3 heteroatoms. The third-order valence-electron chi connectivity index (χ3n) is 2.40. The van der Waals surface area contributed by atoms with E-state index in [0.717, 1.165) is 5.56 Å². The van der Waals surface area contributed by atoms with Gasteiger partial charge in [-0.1, -0.05) is 32.9 Å². The Morgan fingerprint density at radius 3 is 2.50 bits per heavy atom. The van der Waals surface area contributed by atoms with Crippen molar-refractivity contribution >= 4 is 5.84 Å². The van der Waals surface area contributed by atoms with Crippen LogP contribution >= 0.6 is 0 Å². The van der Waals surface area contributed by atoms with Gasteiger partial charge in [-0.2, -0.15) is 0 Å². The predicted octanol–water partition coefficient (Wildman–Crippen LogP) is 3.28. The summed E-state index contributed by atoms with van der Waals surface area (Å²) in [6.07, 6.45) is 0. The maximum atomic E-state index is 13.0. The molecule has 0 heterocycles. The Bertz CT molecular complexity index is 380. The van der Waals surface area contributed by atoms with Crippen molar-refractivity contribution in [1.29, 1.82) is 5.41 Å². The molecule has 88 valence electrons. The lowest BCUT2D eigenvalue weighted by Gasteiger charge is -2.29. The first-order valence-corrected chi connectivity index (χ1v) is 5.35. The van der Waals surface area contributed by atoms with Crippen LogP contribution in [0.5, 0.6) is 0 Å². The highest BCUT2D eigenvalue weighted by atomic mass is 19.1. The minimum Gasteiger partial charge on any atom is -0.359 e. The molecule has 0 unspecified atom stereocenters. The molecule has 0 saturated carbocycles. The van der Waals surface area contributed by atoms with Gasteiger partial charge in [0.1, 0.15) is 11.7 Å². The van der Waals surface area contributed by atoms with Gasteiger partial charge in [-0.15, -0.1) is 0 Å². The first-order chi connectivity index (χ1) is 7.30. The van der Waals surface area contributed by atoms with Crippen LogP contribution in [0, 0.1) is 16.6 Å². The van der Waals surface area contributed by atoms with Gasteiger partial charge in [0.05, 0.1) is 0 Å². The zero-order valence-corrected chi connectivity index (χ0v) is 10.3. The Balaban J connectivity index is 2.72. The molecule has 1 N–H and O–H groups in total. The van der Waals surface area contributed by atoms with Gasteiger partial charge in [0.15, 0.2) is 0 Å². The Morgan fingerprint density at radius 2 is 2.00 bits per heavy atom. The quantitative estimate of drug-likeness (QED) is 0.603. The van der Waals surface area contributed by atoms with Crippen LogP contribution in [0.2, 0.25) is 0 Å². The van der Waals surface area contributed by atoms with Gasteiger partial charge in [-0.05, 0) is 17.7 Å². The topological polar surface area (TPSA) is 27.1 Å². The van der Waals surface area contributed by atoms with Crippen LogP contribution in [0.1, 0.15) is 26.3 Å². The van der Waals surface area contributed by atoms with Crippen LogP contribution in [0.3, 0.4) is 0 Å². The molecule has 2 nitrogen and oxygen atoms in total. The second kappa shape index (κ2) is 4.64. The first-order valence-electron chi connectivity index (χ1n) is 5.35. The zero-order chi connectivity index (χ0) is 12.3. The normalized spacial score (nSPS) is 11.3. The molecular formula is C13H19FN2. The highest BCUT2D eigenvalue weighted by Gasteiger charge is 2.20. The smallest absolute Gasteiger partial charge is 0.123 e. The average Bonchev–Trinajstić information content (AvgIpc) is 2.15. The summed E-state index contributed by atoms with van der Waals surface area (Å²) in [4.78, 5) is 1.84. The third kappa shape index (κ3) is 3.33. The van der Waals surface area contributed by atoms with Gasteiger partial charge in [0.2, 0.25) is 0 Å². The van der Waals surface area contributed by atoms with E-state index in [-0.39, 0.29) is 11.2 Å². The fourth-order valence-corrected chi connectivity index (χ4v) is 1.56. The van der Waals surface area contributed by atoms with E-state index in [9.17, 15) is 4.39 Å². The molecule has 0 aliphatic heterocycles. The maximum Gasteiger partial charge on any atom is 0.123 e. The molecule has 1 aromatic rings. The van der Waals surface area contributed by atoms with Crippen LogP contribution in [0.25, 0.3) is 0 Å². The number of rotatable bonds is 2. The van der Waals surface area contributed by atoms with Crippen LogP contribution < -0.4 is 0 Å². The second-order valence-corrected chi connectivity index (χ2v) is 5.08. The molecule has 1 aromatic carbocycles. The Kier molecular flexibility index (Phi) is 3.68.